The van der Waals surface area contributed by atoms with Crippen molar-refractivity contribution in [3.05, 3.63) is 100 Å². The molecule has 2 nitrogen and oxygen atoms in total. The Hall–Kier alpha value is -2.58. The van der Waals surface area contributed by atoms with Gasteiger partial charge in [-0.2, -0.15) is 0 Å². The summed E-state index contributed by atoms with van der Waals surface area (Å²) in [5.41, 5.74) is 6.11. The Morgan fingerprint density at radius 1 is 0.846 bits per heavy atom. The average Bonchev–Trinajstić information content (AvgIpc) is 2.68. The van der Waals surface area contributed by atoms with Gasteiger partial charge in [-0.25, -0.2) is 0 Å². The van der Waals surface area contributed by atoms with Gasteiger partial charge >= 0.3 is 0 Å². The highest BCUT2D eigenvalue weighted by Crippen LogP contribution is 2.55. The second-order valence-electron chi connectivity index (χ2n) is 7.13. The van der Waals surface area contributed by atoms with E-state index in [2.05, 4.69) is 53.8 Å². The number of halogens is 1. The third-order valence-corrected chi connectivity index (χ3v) is 5.97. The van der Waals surface area contributed by atoms with Gasteiger partial charge in [0.25, 0.3) is 0 Å². The monoisotopic (exact) mass is 359 g/mol. The molecule has 0 aromatic heterocycles. The van der Waals surface area contributed by atoms with Crippen LogP contribution in [0.15, 0.2) is 72.8 Å². The highest BCUT2D eigenvalue weighted by atomic mass is 35.5. The zero-order chi connectivity index (χ0) is 17.7. The molecule has 3 aliphatic rings. The number of anilines is 1. The van der Waals surface area contributed by atoms with Crippen molar-refractivity contribution >= 4 is 23.2 Å². The first-order valence-electron chi connectivity index (χ1n) is 8.96. The smallest absolute Gasteiger partial charge is 0.228 e. The standard InChI is InChI=1S/C23H18ClNO/c24-14-6-5-7-15(12-14)25-23(26)21-13-20-16-8-1-3-10-18(16)22(21)19-11-4-2-9-17(19)20/h1-12,20-22H,13H2,(H,25,26)/t20?,21-,22?/m0/s1. The first-order valence-corrected chi connectivity index (χ1v) is 9.34. The van der Waals surface area contributed by atoms with Crippen molar-refractivity contribution in [2.24, 2.45) is 5.92 Å². The van der Waals surface area contributed by atoms with Crippen LogP contribution in [0.2, 0.25) is 5.02 Å². The molecule has 128 valence electrons. The van der Waals surface area contributed by atoms with Crippen molar-refractivity contribution in [2.45, 2.75) is 18.3 Å². The third kappa shape index (κ3) is 2.37. The van der Waals surface area contributed by atoms with Gasteiger partial charge in [-0.3, -0.25) is 4.79 Å². The number of hydrogen-bond acceptors (Lipinski definition) is 1. The molecule has 0 saturated heterocycles. The van der Waals surface area contributed by atoms with Crippen LogP contribution in [0, 0.1) is 5.92 Å². The Morgan fingerprint density at radius 3 is 2.08 bits per heavy atom. The molecule has 0 spiro atoms. The second kappa shape index (κ2) is 6.00. The van der Waals surface area contributed by atoms with Crippen molar-refractivity contribution < 1.29 is 4.79 Å². The lowest BCUT2D eigenvalue weighted by Gasteiger charge is -2.44. The molecule has 0 unspecified atom stereocenters. The summed E-state index contributed by atoms with van der Waals surface area (Å²) in [6.45, 7) is 0. The number of nitrogens with one attached hydrogen (secondary N) is 1. The molecular formula is C23H18ClNO. The summed E-state index contributed by atoms with van der Waals surface area (Å²) in [6.07, 6.45) is 0.852. The number of benzene rings is 3. The zero-order valence-corrected chi connectivity index (χ0v) is 14.9. The van der Waals surface area contributed by atoms with Gasteiger partial charge in [0.05, 0.1) is 5.92 Å². The third-order valence-electron chi connectivity index (χ3n) is 5.73. The Morgan fingerprint density at radius 2 is 1.46 bits per heavy atom. The van der Waals surface area contributed by atoms with Crippen LogP contribution >= 0.6 is 11.6 Å². The van der Waals surface area contributed by atoms with Crippen LogP contribution in [0.1, 0.15) is 40.5 Å². The summed E-state index contributed by atoms with van der Waals surface area (Å²) in [5.74, 6) is 0.421. The number of rotatable bonds is 2. The van der Waals surface area contributed by atoms with Crippen molar-refractivity contribution in [1.82, 2.24) is 0 Å². The Labute approximate surface area is 157 Å². The van der Waals surface area contributed by atoms with E-state index in [0.717, 1.165) is 12.1 Å². The fourth-order valence-electron chi connectivity index (χ4n) is 4.70. The highest BCUT2D eigenvalue weighted by molar-refractivity contribution is 6.30. The fraction of sp³-hybridized carbons (Fsp3) is 0.174. The number of fused-ring (bicyclic) bond motifs is 1. The van der Waals surface area contributed by atoms with Crippen molar-refractivity contribution in [2.75, 3.05) is 5.32 Å². The van der Waals surface area contributed by atoms with Crippen LogP contribution < -0.4 is 5.32 Å². The lowest BCUT2D eigenvalue weighted by molar-refractivity contribution is -0.121. The maximum absolute atomic E-state index is 13.1. The van der Waals surface area contributed by atoms with E-state index in [1.807, 2.05) is 18.2 Å². The van der Waals surface area contributed by atoms with Gasteiger partial charge in [-0.1, -0.05) is 66.2 Å². The minimum absolute atomic E-state index is 0.0659. The molecule has 3 aromatic carbocycles. The molecule has 26 heavy (non-hydrogen) atoms. The Balaban J connectivity index is 1.55. The van der Waals surface area contributed by atoms with Crippen molar-refractivity contribution in [3.8, 4) is 0 Å². The van der Waals surface area contributed by atoms with E-state index in [1.165, 1.54) is 22.3 Å². The van der Waals surface area contributed by atoms with Crippen LogP contribution in [0.5, 0.6) is 0 Å². The summed E-state index contributed by atoms with van der Waals surface area (Å²) < 4.78 is 0. The van der Waals surface area contributed by atoms with Crippen molar-refractivity contribution in [3.63, 3.8) is 0 Å². The molecule has 0 heterocycles. The molecule has 1 atom stereocenters. The van der Waals surface area contributed by atoms with Gasteiger partial charge in [0.2, 0.25) is 5.91 Å². The molecule has 1 amide bonds. The van der Waals surface area contributed by atoms with Crippen LogP contribution in [-0.4, -0.2) is 5.91 Å². The number of carbonyl (C=O) groups excluding carboxylic acids is 1. The predicted octanol–water partition coefficient (Wildman–Crippen LogP) is 5.58. The lowest BCUT2D eigenvalue weighted by Crippen LogP contribution is -2.38. The summed E-state index contributed by atoms with van der Waals surface area (Å²) in [7, 11) is 0. The predicted molar refractivity (Wildman–Crippen MR) is 105 cm³/mol. The van der Waals surface area contributed by atoms with E-state index in [4.69, 9.17) is 11.6 Å². The fourth-order valence-corrected chi connectivity index (χ4v) is 4.89. The Kier molecular flexibility index (Phi) is 3.61. The largest absolute Gasteiger partial charge is 0.326 e. The molecule has 0 saturated carbocycles. The molecule has 3 aromatic rings. The first-order chi connectivity index (χ1) is 12.7. The van der Waals surface area contributed by atoms with E-state index in [-0.39, 0.29) is 17.7 Å². The maximum Gasteiger partial charge on any atom is 0.228 e. The van der Waals surface area contributed by atoms with Crippen LogP contribution in [0.25, 0.3) is 0 Å². The molecule has 0 fully saturated rings. The van der Waals surface area contributed by atoms with Gasteiger partial charge < -0.3 is 5.32 Å². The minimum atomic E-state index is -0.0659. The summed E-state index contributed by atoms with van der Waals surface area (Å²) >= 11 is 6.06. The van der Waals surface area contributed by atoms with Gasteiger partial charge in [-0.15, -0.1) is 0 Å². The average molecular weight is 360 g/mol. The van der Waals surface area contributed by atoms with Gasteiger partial charge in [0, 0.05) is 22.5 Å². The number of hydrogen-bond donors (Lipinski definition) is 1. The van der Waals surface area contributed by atoms with Gasteiger partial charge in [0.1, 0.15) is 0 Å². The van der Waals surface area contributed by atoms with Crippen molar-refractivity contribution in [1.29, 1.82) is 0 Å². The molecule has 1 N–H and O–H groups in total. The maximum atomic E-state index is 13.1. The van der Waals surface area contributed by atoms with Crippen LogP contribution in [0.3, 0.4) is 0 Å². The topological polar surface area (TPSA) is 29.1 Å². The Bertz CT molecular complexity index is 965. The molecule has 6 rings (SSSR count). The molecule has 0 aliphatic heterocycles. The van der Waals surface area contributed by atoms with Crippen LogP contribution in [0.4, 0.5) is 5.69 Å². The molecule has 0 radical (unpaired) electrons. The normalized spacial score (nSPS) is 22.4. The van der Waals surface area contributed by atoms with Gasteiger partial charge in [0.15, 0.2) is 0 Å². The quantitative estimate of drug-likeness (QED) is 0.636. The van der Waals surface area contributed by atoms with Gasteiger partial charge in [-0.05, 0) is 46.9 Å². The second-order valence-corrected chi connectivity index (χ2v) is 7.57. The SMILES string of the molecule is O=C(Nc1cccc(Cl)c1)[C@H]1CC2c3ccccc3C1c1ccccc12. The number of carbonyl (C=O) groups is 1. The zero-order valence-electron chi connectivity index (χ0n) is 14.2. The highest BCUT2D eigenvalue weighted by Gasteiger charge is 2.45. The molecule has 3 heteroatoms. The molecule has 2 bridgehead atoms. The lowest BCUT2D eigenvalue weighted by atomic mass is 9.59. The first kappa shape index (κ1) is 15.7. The van der Waals surface area contributed by atoms with E-state index in [1.54, 1.807) is 6.07 Å². The molecular weight excluding hydrogens is 342 g/mol. The van der Waals surface area contributed by atoms with Crippen LogP contribution in [-0.2, 0) is 4.79 Å². The van der Waals surface area contributed by atoms with E-state index in [9.17, 15) is 4.79 Å². The summed E-state index contributed by atoms with van der Waals surface area (Å²) in [4.78, 5) is 13.1. The minimum Gasteiger partial charge on any atom is -0.326 e. The summed E-state index contributed by atoms with van der Waals surface area (Å²) in [5, 5.41) is 3.70. The molecule has 3 aliphatic carbocycles. The summed E-state index contributed by atoms with van der Waals surface area (Å²) in [6, 6.07) is 24.5. The van der Waals surface area contributed by atoms with E-state index < -0.39 is 0 Å². The number of amides is 1. The van der Waals surface area contributed by atoms with E-state index in [0.29, 0.717) is 10.9 Å². The van der Waals surface area contributed by atoms with E-state index >= 15 is 0 Å².